The van der Waals surface area contributed by atoms with Gasteiger partial charge >= 0.3 is 0 Å². The fraction of sp³-hybridized carbons (Fsp3) is 0.0500. The summed E-state index contributed by atoms with van der Waals surface area (Å²) in [6, 6.07) is 14.6. The maximum absolute atomic E-state index is 12.1. The topological polar surface area (TPSA) is 76.4 Å². The molecule has 2 aromatic carbocycles. The third kappa shape index (κ3) is 4.31. The number of carbonyl (C=O) groups is 1. The van der Waals surface area contributed by atoms with Gasteiger partial charge in [-0.2, -0.15) is 0 Å². The number of thiophene rings is 1. The first kappa shape index (κ1) is 19.6. The Bertz CT molecular complexity index is 1210. The van der Waals surface area contributed by atoms with Crippen LogP contribution in [0.15, 0.2) is 62.8 Å². The molecule has 2 N–H and O–H groups in total. The maximum atomic E-state index is 12.1. The first-order valence-corrected chi connectivity index (χ1v) is 10.5. The van der Waals surface area contributed by atoms with E-state index in [9.17, 15) is 4.79 Å². The lowest BCUT2D eigenvalue weighted by atomic mass is 10.2. The number of rotatable bonds is 4. The molecule has 29 heavy (non-hydrogen) atoms. The number of nitrogens with one attached hydrogen (secondary N) is 2. The van der Waals surface area contributed by atoms with Crippen molar-refractivity contribution < 1.29 is 13.9 Å². The molecule has 2 heterocycles. The maximum Gasteiger partial charge on any atom is 0.267 e. The van der Waals surface area contributed by atoms with Gasteiger partial charge in [-0.1, -0.05) is 6.07 Å². The Morgan fingerprint density at radius 2 is 2.10 bits per heavy atom. The van der Waals surface area contributed by atoms with E-state index in [0.29, 0.717) is 27.6 Å². The smallest absolute Gasteiger partial charge is 0.267 e. The molecule has 0 radical (unpaired) electrons. The Labute approximate surface area is 184 Å². The standard InChI is InChI=1S/C20H14BrN3O3S2/c1-26-15-6-4-11(9-13(15)21)19-23-14-10-12(5-7-16(14)27-19)22-20(28)24-18(25)17-3-2-8-29-17/h2-10H,1H3,(H2,22,24,25,28). The van der Waals surface area contributed by atoms with Crippen LogP contribution >= 0.6 is 39.5 Å². The Morgan fingerprint density at radius 3 is 2.83 bits per heavy atom. The molecule has 0 aliphatic rings. The van der Waals surface area contributed by atoms with Gasteiger partial charge in [0.15, 0.2) is 10.7 Å². The number of ether oxygens (including phenoxy) is 1. The number of oxazole rings is 1. The molecule has 0 spiro atoms. The summed E-state index contributed by atoms with van der Waals surface area (Å²) in [4.78, 5) is 17.2. The first-order valence-electron chi connectivity index (χ1n) is 8.44. The van der Waals surface area contributed by atoms with Gasteiger partial charge in [0.25, 0.3) is 5.91 Å². The van der Waals surface area contributed by atoms with Gasteiger partial charge in [-0.15, -0.1) is 11.3 Å². The zero-order chi connectivity index (χ0) is 20.4. The van der Waals surface area contributed by atoms with Gasteiger partial charge in [0, 0.05) is 11.3 Å². The SMILES string of the molecule is COc1ccc(-c2nc3cc(NC(=S)NC(=O)c4cccs4)ccc3o2)cc1Br. The molecule has 0 aliphatic heterocycles. The molecule has 2 aromatic heterocycles. The third-order valence-corrected chi connectivity index (χ3v) is 5.71. The van der Waals surface area contributed by atoms with Crippen LogP contribution in [-0.4, -0.2) is 23.1 Å². The van der Waals surface area contributed by atoms with Crippen molar-refractivity contribution >= 4 is 67.3 Å². The lowest BCUT2D eigenvalue weighted by molar-refractivity contribution is 0.0981. The molecule has 4 aromatic rings. The van der Waals surface area contributed by atoms with Crippen LogP contribution < -0.4 is 15.4 Å². The molecule has 0 unspecified atom stereocenters. The highest BCUT2D eigenvalue weighted by Gasteiger charge is 2.12. The fourth-order valence-corrected chi connectivity index (χ4v) is 4.03. The van der Waals surface area contributed by atoms with Gasteiger partial charge < -0.3 is 14.5 Å². The van der Waals surface area contributed by atoms with E-state index in [4.69, 9.17) is 21.4 Å². The monoisotopic (exact) mass is 487 g/mol. The second-order valence-electron chi connectivity index (χ2n) is 5.94. The number of methoxy groups -OCH3 is 1. The molecule has 9 heteroatoms. The number of halogens is 1. The quantitative estimate of drug-likeness (QED) is 0.372. The number of aromatic nitrogens is 1. The van der Waals surface area contributed by atoms with Crippen LogP contribution in [0.1, 0.15) is 9.67 Å². The van der Waals surface area contributed by atoms with Crippen LogP contribution in [0.5, 0.6) is 5.75 Å². The van der Waals surface area contributed by atoms with E-state index in [1.165, 1.54) is 11.3 Å². The van der Waals surface area contributed by atoms with E-state index < -0.39 is 0 Å². The number of fused-ring (bicyclic) bond motifs is 1. The summed E-state index contributed by atoms with van der Waals surface area (Å²) in [5, 5.41) is 7.71. The van der Waals surface area contributed by atoms with Crippen LogP contribution in [0.3, 0.4) is 0 Å². The van der Waals surface area contributed by atoms with Crippen molar-refractivity contribution in [1.29, 1.82) is 0 Å². The van der Waals surface area contributed by atoms with Crippen molar-refractivity contribution in [2.24, 2.45) is 0 Å². The summed E-state index contributed by atoms with van der Waals surface area (Å²) in [5.41, 5.74) is 2.84. The number of hydrogen-bond donors (Lipinski definition) is 2. The summed E-state index contributed by atoms with van der Waals surface area (Å²) in [5.74, 6) is 0.982. The van der Waals surface area contributed by atoms with E-state index in [0.717, 1.165) is 15.8 Å². The number of benzene rings is 2. The highest BCUT2D eigenvalue weighted by atomic mass is 79.9. The van der Waals surface area contributed by atoms with E-state index in [2.05, 4.69) is 31.5 Å². The Hall–Kier alpha value is -2.75. The summed E-state index contributed by atoms with van der Waals surface area (Å²) in [6.07, 6.45) is 0. The molecule has 4 rings (SSSR count). The first-order chi connectivity index (χ1) is 14.0. The number of anilines is 1. The minimum absolute atomic E-state index is 0.213. The molecule has 0 saturated carbocycles. The largest absolute Gasteiger partial charge is 0.496 e. The van der Waals surface area contributed by atoms with Crippen LogP contribution in [0.4, 0.5) is 5.69 Å². The van der Waals surface area contributed by atoms with Crippen LogP contribution in [0, 0.1) is 0 Å². The summed E-state index contributed by atoms with van der Waals surface area (Å²) < 4.78 is 11.9. The zero-order valence-electron chi connectivity index (χ0n) is 15.1. The second-order valence-corrected chi connectivity index (χ2v) is 8.15. The summed E-state index contributed by atoms with van der Waals surface area (Å²) in [7, 11) is 1.61. The van der Waals surface area contributed by atoms with Crippen molar-refractivity contribution in [1.82, 2.24) is 10.3 Å². The van der Waals surface area contributed by atoms with Gasteiger partial charge in [-0.05, 0) is 76.0 Å². The van der Waals surface area contributed by atoms with Crippen LogP contribution in [-0.2, 0) is 0 Å². The Balaban J connectivity index is 1.51. The number of thiocarbonyl (C=S) groups is 1. The lowest BCUT2D eigenvalue weighted by Crippen LogP contribution is -2.33. The van der Waals surface area contributed by atoms with Crippen molar-refractivity contribution in [3.63, 3.8) is 0 Å². The highest BCUT2D eigenvalue weighted by Crippen LogP contribution is 2.32. The average molecular weight is 488 g/mol. The fourth-order valence-electron chi connectivity index (χ4n) is 2.66. The van der Waals surface area contributed by atoms with E-state index in [1.54, 1.807) is 19.2 Å². The van der Waals surface area contributed by atoms with Crippen molar-refractivity contribution in [3.8, 4) is 17.2 Å². The molecule has 0 saturated heterocycles. The molecule has 146 valence electrons. The van der Waals surface area contributed by atoms with Crippen LogP contribution in [0.2, 0.25) is 0 Å². The summed E-state index contributed by atoms with van der Waals surface area (Å²) in [6.45, 7) is 0. The summed E-state index contributed by atoms with van der Waals surface area (Å²) >= 11 is 10.0. The predicted molar refractivity (Wildman–Crippen MR) is 122 cm³/mol. The number of hydrogen-bond acceptors (Lipinski definition) is 6. The molecule has 1 amide bonds. The second kappa shape index (κ2) is 8.32. The minimum Gasteiger partial charge on any atom is -0.496 e. The minimum atomic E-state index is -0.243. The third-order valence-electron chi connectivity index (χ3n) is 4.02. The molecule has 0 atom stereocenters. The molecular weight excluding hydrogens is 474 g/mol. The normalized spacial score (nSPS) is 10.7. The predicted octanol–water partition coefficient (Wildman–Crippen LogP) is 5.45. The van der Waals surface area contributed by atoms with Gasteiger partial charge in [0.05, 0.1) is 16.5 Å². The Kier molecular flexibility index (Phi) is 5.61. The lowest BCUT2D eigenvalue weighted by Gasteiger charge is -2.08. The van der Waals surface area contributed by atoms with Crippen molar-refractivity contribution in [2.75, 3.05) is 12.4 Å². The molecule has 0 fully saturated rings. The average Bonchev–Trinajstić information content (AvgIpc) is 3.37. The molecule has 0 aliphatic carbocycles. The van der Waals surface area contributed by atoms with E-state index in [1.807, 2.05) is 41.8 Å². The number of amides is 1. The molecular formula is C20H14BrN3O3S2. The number of carbonyl (C=O) groups excluding carboxylic acids is 1. The molecule has 0 bridgehead atoms. The van der Waals surface area contributed by atoms with Crippen molar-refractivity contribution in [3.05, 3.63) is 63.3 Å². The Morgan fingerprint density at radius 1 is 1.24 bits per heavy atom. The van der Waals surface area contributed by atoms with Gasteiger partial charge in [-0.3, -0.25) is 10.1 Å². The zero-order valence-corrected chi connectivity index (χ0v) is 18.3. The van der Waals surface area contributed by atoms with Gasteiger partial charge in [-0.25, -0.2) is 4.98 Å². The molecule has 6 nitrogen and oxygen atoms in total. The van der Waals surface area contributed by atoms with Gasteiger partial charge in [0.1, 0.15) is 11.3 Å². The number of nitrogens with zero attached hydrogens (tertiary/aromatic N) is 1. The highest BCUT2D eigenvalue weighted by molar-refractivity contribution is 9.10. The van der Waals surface area contributed by atoms with Gasteiger partial charge in [0.2, 0.25) is 5.89 Å². The van der Waals surface area contributed by atoms with Crippen molar-refractivity contribution in [2.45, 2.75) is 0 Å². The van der Waals surface area contributed by atoms with E-state index >= 15 is 0 Å². The van der Waals surface area contributed by atoms with E-state index in [-0.39, 0.29) is 11.0 Å². The van der Waals surface area contributed by atoms with Crippen LogP contribution in [0.25, 0.3) is 22.6 Å².